The minimum Gasteiger partial charge on any atom is -0.266 e. The Morgan fingerprint density at radius 3 is 2.54 bits per heavy atom. The highest BCUT2D eigenvalue weighted by molar-refractivity contribution is 7.89. The maximum atomic E-state index is 13.0. The van der Waals surface area contributed by atoms with Gasteiger partial charge < -0.3 is 0 Å². The monoisotopic (exact) mass is 410 g/mol. The zero-order chi connectivity index (χ0) is 19.4. The van der Waals surface area contributed by atoms with E-state index < -0.39 is 10.0 Å². The first-order valence-electron chi connectivity index (χ1n) is 8.66. The van der Waals surface area contributed by atoms with Crippen molar-refractivity contribution < 1.29 is 8.42 Å². The topological polar surface area (TPSA) is 76.9 Å². The number of pyridine rings is 1. The molecule has 0 radical (unpaired) electrons. The molecule has 142 valence electrons. The van der Waals surface area contributed by atoms with Crippen molar-refractivity contribution in [3.63, 3.8) is 0 Å². The molecule has 28 heavy (non-hydrogen) atoms. The molecule has 0 amide bonds. The molecule has 0 aliphatic heterocycles. The fourth-order valence-corrected chi connectivity index (χ4v) is 4.76. The Morgan fingerprint density at radius 1 is 1.00 bits per heavy atom. The summed E-state index contributed by atoms with van der Waals surface area (Å²) in [5.41, 5.74) is 2.31. The van der Waals surface area contributed by atoms with Crippen LogP contribution in [0.2, 0.25) is 0 Å². The third kappa shape index (κ3) is 4.19. The van der Waals surface area contributed by atoms with Crippen LogP contribution in [0.1, 0.15) is 11.1 Å². The van der Waals surface area contributed by atoms with E-state index in [1.54, 1.807) is 29.3 Å². The standard InChI is InChI=1S/C20H18N4O2S2/c25-28(26,22-13-17-8-4-10-21-12-17)19-15-24(14-16-6-2-1-3-7-16)23-20(19)18-9-5-11-27-18/h1-12,15,22H,13-14H2. The van der Waals surface area contributed by atoms with E-state index in [9.17, 15) is 8.42 Å². The molecule has 1 aromatic carbocycles. The van der Waals surface area contributed by atoms with Gasteiger partial charge >= 0.3 is 0 Å². The Hall–Kier alpha value is -2.81. The van der Waals surface area contributed by atoms with Gasteiger partial charge in [0.05, 0.1) is 11.4 Å². The molecule has 0 aliphatic rings. The summed E-state index contributed by atoms with van der Waals surface area (Å²) in [6.45, 7) is 0.668. The number of aromatic nitrogens is 3. The smallest absolute Gasteiger partial charge is 0.244 e. The van der Waals surface area contributed by atoms with Crippen LogP contribution in [-0.4, -0.2) is 23.2 Å². The highest BCUT2D eigenvalue weighted by atomic mass is 32.2. The lowest BCUT2D eigenvalue weighted by Gasteiger charge is -2.06. The second-order valence-corrected chi connectivity index (χ2v) is 8.87. The van der Waals surface area contributed by atoms with Crippen LogP contribution in [0.25, 0.3) is 10.6 Å². The maximum absolute atomic E-state index is 13.0. The van der Waals surface area contributed by atoms with Gasteiger partial charge in [-0.2, -0.15) is 5.10 Å². The van der Waals surface area contributed by atoms with Gasteiger partial charge in [0.2, 0.25) is 10.0 Å². The van der Waals surface area contributed by atoms with E-state index in [0.29, 0.717) is 12.2 Å². The fraction of sp³-hybridized carbons (Fsp3) is 0.100. The number of hydrogen-bond donors (Lipinski definition) is 1. The summed E-state index contributed by atoms with van der Waals surface area (Å²) in [7, 11) is -3.74. The van der Waals surface area contributed by atoms with Crippen LogP contribution in [-0.2, 0) is 23.1 Å². The van der Waals surface area contributed by atoms with Gasteiger partial charge in [0.25, 0.3) is 0 Å². The lowest BCUT2D eigenvalue weighted by Crippen LogP contribution is -2.23. The third-order valence-electron chi connectivity index (χ3n) is 4.15. The molecule has 3 aromatic heterocycles. The number of rotatable bonds is 7. The molecular weight excluding hydrogens is 392 g/mol. The molecule has 0 unspecified atom stereocenters. The Balaban J connectivity index is 1.66. The van der Waals surface area contributed by atoms with Crippen molar-refractivity contribution in [3.8, 4) is 10.6 Å². The molecule has 6 nitrogen and oxygen atoms in total. The first kappa shape index (κ1) is 18.5. The fourth-order valence-electron chi connectivity index (χ4n) is 2.79. The van der Waals surface area contributed by atoms with Crippen molar-refractivity contribution in [2.75, 3.05) is 0 Å². The number of nitrogens with zero attached hydrogens (tertiary/aromatic N) is 3. The van der Waals surface area contributed by atoms with Gasteiger partial charge in [-0.15, -0.1) is 11.3 Å². The molecule has 0 spiro atoms. The third-order valence-corrected chi connectivity index (χ3v) is 6.43. The predicted octanol–water partition coefficient (Wildman–Crippen LogP) is 3.53. The minimum atomic E-state index is -3.74. The van der Waals surface area contributed by atoms with Crippen molar-refractivity contribution >= 4 is 21.4 Å². The molecule has 8 heteroatoms. The summed E-state index contributed by atoms with van der Waals surface area (Å²) in [6, 6.07) is 17.2. The second-order valence-electron chi connectivity index (χ2n) is 6.19. The molecule has 1 N–H and O–H groups in total. The van der Waals surface area contributed by atoms with Crippen molar-refractivity contribution in [3.05, 3.63) is 89.7 Å². The van der Waals surface area contributed by atoms with Crippen LogP contribution in [0.3, 0.4) is 0 Å². The lowest BCUT2D eigenvalue weighted by molar-refractivity contribution is 0.581. The first-order chi connectivity index (χ1) is 13.6. The Bertz CT molecular complexity index is 1140. The van der Waals surface area contributed by atoms with Crippen molar-refractivity contribution in [2.45, 2.75) is 18.0 Å². The van der Waals surface area contributed by atoms with Crippen LogP contribution in [0.4, 0.5) is 0 Å². The Kier molecular flexibility index (Phi) is 5.34. The zero-order valence-electron chi connectivity index (χ0n) is 14.9. The molecule has 4 rings (SSSR count). The Labute approximate surface area is 167 Å². The number of hydrogen-bond acceptors (Lipinski definition) is 5. The summed E-state index contributed by atoms with van der Waals surface area (Å²) in [5, 5.41) is 6.47. The summed E-state index contributed by atoms with van der Waals surface area (Å²) in [5.74, 6) is 0. The van der Waals surface area contributed by atoms with E-state index in [-0.39, 0.29) is 11.4 Å². The van der Waals surface area contributed by atoms with Gasteiger partial charge in [0.1, 0.15) is 10.6 Å². The number of benzene rings is 1. The van der Waals surface area contributed by atoms with E-state index in [1.165, 1.54) is 11.3 Å². The van der Waals surface area contributed by atoms with E-state index >= 15 is 0 Å². The molecule has 3 heterocycles. The van der Waals surface area contributed by atoms with Gasteiger partial charge in [-0.05, 0) is 28.6 Å². The number of sulfonamides is 1. The summed E-state index contributed by atoms with van der Waals surface area (Å²) in [4.78, 5) is 5.01. The molecule has 0 bridgehead atoms. The predicted molar refractivity (Wildman–Crippen MR) is 109 cm³/mol. The molecule has 0 saturated heterocycles. The zero-order valence-corrected chi connectivity index (χ0v) is 16.5. The normalized spacial score (nSPS) is 11.6. The van der Waals surface area contributed by atoms with E-state index in [0.717, 1.165) is 16.0 Å². The number of thiophene rings is 1. The molecule has 0 saturated carbocycles. The summed E-state index contributed by atoms with van der Waals surface area (Å²) in [6.07, 6.45) is 4.88. The van der Waals surface area contributed by atoms with Crippen LogP contribution in [0.15, 0.2) is 83.5 Å². The van der Waals surface area contributed by atoms with Crippen molar-refractivity contribution in [2.24, 2.45) is 0 Å². The highest BCUT2D eigenvalue weighted by Crippen LogP contribution is 2.30. The maximum Gasteiger partial charge on any atom is 0.244 e. The van der Waals surface area contributed by atoms with Gasteiger partial charge in [0.15, 0.2) is 0 Å². The van der Waals surface area contributed by atoms with Gasteiger partial charge in [-0.1, -0.05) is 42.5 Å². The molecule has 4 aromatic rings. The van der Waals surface area contributed by atoms with Gasteiger partial charge in [0, 0.05) is 25.1 Å². The van der Waals surface area contributed by atoms with Gasteiger partial charge in [-0.3, -0.25) is 9.67 Å². The van der Waals surface area contributed by atoms with Crippen molar-refractivity contribution in [1.82, 2.24) is 19.5 Å². The first-order valence-corrected chi connectivity index (χ1v) is 11.0. The molecular formula is C20H18N4O2S2. The summed E-state index contributed by atoms with van der Waals surface area (Å²) >= 11 is 1.46. The molecule has 0 aliphatic carbocycles. The van der Waals surface area contributed by atoms with Crippen LogP contribution < -0.4 is 4.72 Å². The highest BCUT2D eigenvalue weighted by Gasteiger charge is 2.24. The average Bonchev–Trinajstić information content (AvgIpc) is 3.38. The summed E-state index contributed by atoms with van der Waals surface area (Å²) < 4.78 is 30.3. The second kappa shape index (κ2) is 8.05. The van der Waals surface area contributed by atoms with Crippen LogP contribution in [0.5, 0.6) is 0 Å². The average molecular weight is 411 g/mol. The SMILES string of the molecule is O=S(=O)(NCc1cccnc1)c1cn(Cc2ccccc2)nc1-c1cccs1. The lowest BCUT2D eigenvalue weighted by atomic mass is 10.2. The van der Waals surface area contributed by atoms with E-state index in [1.807, 2.05) is 53.9 Å². The van der Waals surface area contributed by atoms with Gasteiger partial charge in [-0.25, -0.2) is 13.1 Å². The van der Waals surface area contributed by atoms with E-state index in [2.05, 4.69) is 14.8 Å². The van der Waals surface area contributed by atoms with Crippen LogP contribution >= 0.6 is 11.3 Å². The molecule has 0 fully saturated rings. The number of nitrogens with one attached hydrogen (secondary N) is 1. The minimum absolute atomic E-state index is 0.171. The quantitative estimate of drug-likeness (QED) is 0.506. The largest absolute Gasteiger partial charge is 0.266 e. The molecule has 0 atom stereocenters. The van der Waals surface area contributed by atoms with E-state index in [4.69, 9.17) is 0 Å². The van der Waals surface area contributed by atoms with Crippen molar-refractivity contribution in [1.29, 1.82) is 0 Å². The van der Waals surface area contributed by atoms with Crippen LogP contribution in [0, 0.1) is 0 Å². The Morgan fingerprint density at radius 2 is 1.82 bits per heavy atom.